The maximum Gasteiger partial charge on any atom is 0.242 e. The minimum atomic E-state index is -0.535. The molecule has 1 atom stereocenters. The Hall–Kier alpha value is -2.11. The number of benzene rings is 1. The van der Waals surface area contributed by atoms with Gasteiger partial charge >= 0.3 is 0 Å². The van der Waals surface area contributed by atoms with E-state index < -0.39 is 11.5 Å². The van der Waals surface area contributed by atoms with Crippen LogP contribution in [0.1, 0.15) is 31.2 Å². The van der Waals surface area contributed by atoms with Crippen LogP contribution in [-0.4, -0.2) is 46.5 Å². The molecule has 0 aliphatic heterocycles. The molecule has 2 radical (unpaired) electrons. The summed E-state index contributed by atoms with van der Waals surface area (Å²) in [5.41, 5.74) is 1.59. The highest BCUT2D eigenvalue weighted by atomic mass is 16.2. The van der Waals surface area contributed by atoms with Crippen LogP contribution in [0.2, 0.25) is 0 Å². The first kappa shape index (κ1) is 17.3. The summed E-state index contributed by atoms with van der Waals surface area (Å²) in [6.07, 6.45) is 3.99. The number of nitrogens with one attached hydrogen (secondary N) is 1. The van der Waals surface area contributed by atoms with Crippen molar-refractivity contribution < 1.29 is 14.4 Å². The van der Waals surface area contributed by atoms with Crippen LogP contribution in [0.5, 0.6) is 0 Å². The van der Waals surface area contributed by atoms with Crippen molar-refractivity contribution in [1.82, 2.24) is 5.32 Å². The molecule has 0 bridgehead atoms. The number of nitrogens with zero attached hydrogens (tertiary/aromatic N) is 1. The minimum Gasteiger partial charge on any atom is -0.362 e. The first-order valence-electron chi connectivity index (χ1n) is 7.74. The predicted molar refractivity (Wildman–Crippen MR) is 90.4 cm³/mol. The molecule has 0 heterocycles. The first-order valence-corrected chi connectivity index (χ1v) is 7.74. The number of likely N-dealkylation sites (N-methyl/N-ethyl adjacent to an activating group) is 2. The van der Waals surface area contributed by atoms with Crippen molar-refractivity contribution in [2.45, 2.75) is 37.1 Å². The van der Waals surface area contributed by atoms with Gasteiger partial charge in [0.05, 0.1) is 5.41 Å². The zero-order chi connectivity index (χ0) is 17.0. The first-order chi connectivity index (χ1) is 11.0. The maximum atomic E-state index is 12.2. The van der Waals surface area contributed by atoms with Gasteiger partial charge in [-0.1, -0.05) is 17.6 Å². The minimum absolute atomic E-state index is 0.168. The molecule has 6 heteroatoms. The molecule has 5 nitrogen and oxygen atoms in total. The molecule has 1 aliphatic rings. The Kier molecular flexibility index (Phi) is 5.24. The number of carbonyl (C=O) groups is 3. The van der Waals surface area contributed by atoms with Crippen LogP contribution in [0.15, 0.2) is 18.2 Å². The number of amides is 1. The van der Waals surface area contributed by atoms with E-state index in [1.54, 1.807) is 20.2 Å². The van der Waals surface area contributed by atoms with Crippen LogP contribution in [-0.2, 0) is 19.8 Å². The normalized spacial score (nSPS) is 16.3. The lowest BCUT2D eigenvalue weighted by Crippen LogP contribution is -2.45. The number of rotatable bonds is 8. The van der Waals surface area contributed by atoms with Gasteiger partial charge in [-0.15, -0.1) is 0 Å². The number of aldehydes is 2. The van der Waals surface area contributed by atoms with Gasteiger partial charge in [-0.3, -0.25) is 4.79 Å². The smallest absolute Gasteiger partial charge is 0.242 e. The molecule has 1 aromatic carbocycles. The second-order valence-corrected chi connectivity index (χ2v) is 6.00. The molecule has 0 saturated heterocycles. The molecule has 120 valence electrons. The maximum absolute atomic E-state index is 12.2. The summed E-state index contributed by atoms with van der Waals surface area (Å²) in [7, 11) is 9.49. The summed E-state index contributed by atoms with van der Waals surface area (Å²) in [4.78, 5) is 36.3. The van der Waals surface area contributed by atoms with E-state index >= 15 is 0 Å². The van der Waals surface area contributed by atoms with Gasteiger partial charge in [-0.25, -0.2) is 0 Å². The molecule has 1 fully saturated rings. The van der Waals surface area contributed by atoms with Gasteiger partial charge < -0.3 is 19.8 Å². The largest absolute Gasteiger partial charge is 0.362 e. The summed E-state index contributed by atoms with van der Waals surface area (Å²) >= 11 is 0. The zero-order valence-corrected chi connectivity index (χ0v) is 13.5. The Balaban J connectivity index is 2.43. The van der Waals surface area contributed by atoms with Gasteiger partial charge in [0.15, 0.2) is 0 Å². The van der Waals surface area contributed by atoms with Crippen molar-refractivity contribution in [3.63, 3.8) is 0 Å². The van der Waals surface area contributed by atoms with Gasteiger partial charge in [-0.2, -0.15) is 0 Å². The van der Waals surface area contributed by atoms with Gasteiger partial charge in [0.2, 0.25) is 5.91 Å². The Morgan fingerprint density at radius 3 is 2.65 bits per heavy atom. The second-order valence-electron chi connectivity index (χ2n) is 6.00. The number of hydrogen-bond acceptors (Lipinski definition) is 4. The van der Waals surface area contributed by atoms with Gasteiger partial charge in [0, 0.05) is 26.2 Å². The fourth-order valence-corrected chi connectivity index (χ4v) is 3.02. The van der Waals surface area contributed by atoms with E-state index in [2.05, 4.69) is 5.32 Å². The third-order valence-corrected chi connectivity index (χ3v) is 4.54. The molecular weight excluding hydrogens is 291 g/mol. The highest BCUT2D eigenvalue weighted by Gasteiger charge is 2.47. The van der Waals surface area contributed by atoms with Crippen molar-refractivity contribution in [3.05, 3.63) is 23.8 Å². The average Bonchev–Trinajstić information content (AvgIpc) is 3.35. The SMILES string of the molecule is [B]c1cccc(N(C)C(CCC=O)C(=O)NC)c1C1(C=O)CC1. The van der Waals surface area contributed by atoms with E-state index in [4.69, 9.17) is 7.85 Å². The van der Waals surface area contributed by atoms with E-state index in [9.17, 15) is 14.4 Å². The van der Waals surface area contributed by atoms with Crippen molar-refractivity contribution >= 4 is 37.5 Å². The Morgan fingerprint density at radius 1 is 1.43 bits per heavy atom. The second kappa shape index (κ2) is 6.98. The number of anilines is 1. The Morgan fingerprint density at radius 2 is 2.13 bits per heavy atom. The molecule has 1 aliphatic carbocycles. The highest BCUT2D eigenvalue weighted by Crippen LogP contribution is 2.48. The quantitative estimate of drug-likeness (QED) is 0.552. The monoisotopic (exact) mass is 312 g/mol. The van der Waals surface area contributed by atoms with E-state index in [0.717, 1.165) is 36.7 Å². The van der Waals surface area contributed by atoms with E-state index in [0.29, 0.717) is 18.3 Å². The van der Waals surface area contributed by atoms with Crippen molar-refractivity contribution in [2.24, 2.45) is 0 Å². The molecule has 1 amide bonds. The molecule has 2 rings (SSSR count). The van der Waals surface area contributed by atoms with E-state index in [1.165, 1.54) is 0 Å². The third-order valence-electron chi connectivity index (χ3n) is 4.54. The molecule has 1 N–H and O–H groups in total. The van der Waals surface area contributed by atoms with Crippen LogP contribution in [0.4, 0.5) is 5.69 Å². The fraction of sp³-hybridized carbons (Fsp3) is 0.471. The number of hydrogen-bond donors (Lipinski definition) is 1. The summed E-state index contributed by atoms with van der Waals surface area (Å²) in [5.74, 6) is -0.168. The average molecular weight is 312 g/mol. The third kappa shape index (κ3) is 3.31. The number of carbonyl (C=O) groups excluding carboxylic acids is 3. The van der Waals surface area contributed by atoms with Gasteiger partial charge in [0.25, 0.3) is 0 Å². The highest BCUT2D eigenvalue weighted by molar-refractivity contribution is 6.34. The Labute approximate surface area is 137 Å². The molecule has 1 saturated carbocycles. The van der Waals surface area contributed by atoms with Crippen LogP contribution >= 0.6 is 0 Å². The van der Waals surface area contributed by atoms with Crippen LogP contribution in [0, 0.1) is 0 Å². The summed E-state index contributed by atoms with van der Waals surface area (Å²) in [6, 6.07) is 4.96. The predicted octanol–water partition coefficient (Wildman–Crippen LogP) is 0.241. The molecule has 1 unspecified atom stereocenters. The molecular formula is C17H21BN2O3. The lowest BCUT2D eigenvalue weighted by molar-refractivity contribution is -0.122. The summed E-state index contributed by atoms with van der Waals surface area (Å²) in [6.45, 7) is 0. The fourth-order valence-electron chi connectivity index (χ4n) is 3.02. The zero-order valence-electron chi connectivity index (χ0n) is 13.5. The van der Waals surface area contributed by atoms with Crippen LogP contribution in [0.3, 0.4) is 0 Å². The molecule has 0 aromatic heterocycles. The summed E-state index contributed by atoms with van der Waals surface area (Å²) in [5, 5.41) is 2.63. The van der Waals surface area contributed by atoms with Crippen LogP contribution in [0.25, 0.3) is 0 Å². The molecule has 0 spiro atoms. The van der Waals surface area contributed by atoms with Crippen molar-refractivity contribution in [2.75, 3.05) is 19.0 Å². The topological polar surface area (TPSA) is 66.5 Å². The lowest BCUT2D eigenvalue weighted by Gasteiger charge is -2.32. The standard InChI is InChI=1S/C17H21BN2O3/c1-19-16(23)14(7-4-10-21)20(2)13-6-3-5-12(18)15(13)17(11-22)8-9-17/h3,5-6,10-11,14H,4,7-9H2,1-2H3,(H,19,23). The van der Waals surface area contributed by atoms with Gasteiger partial charge in [-0.05, 0) is 30.9 Å². The lowest BCUT2D eigenvalue weighted by atomic mass is 9.81. The molecule has 23 heavy (non-hydrogen) atoms. The van der Waals surface area contributed by atoms with Crippen molar-refractivity contribution in [1.29, 1.82) is 0 Å². The molecule has 1 aromatic rings. The summed E-state index contributed by atoms with van der Waals surface area (Å²) < 4.78 is 0. The Bertz CT molecular complexity index is 614. The van der Waals surface area contributed by atoms with Crippen molar-refractivity contribution in [3.8, 4) is 0 Å². The van der Waals surface area contributed by atoms with Crippen LogP contribution < -0.4 is 15.7 Å². The van der Waals surface area contributed by atoms with E-state index in [1.807, 2.05) is 17.0 Å². The van der Waals surface area contributed by atoms with E-state index in [-0.39, 0.29) is 5.91 Å². The van der Waals surface area contributed by atoms with Gasteiger partial charge in [0.1, 0.15) is 26.5 Å².